The van der Waals surface area contributed by atoms with Gasteiger partial charge in [0.1, 0.15) is 0 Å². The SMILES string of the molecule is Cn1ccc(COC2CCCC2N)n1. The summed E-state index contributed by atoms with van der Waals surface area (Å²) in [6.07, 6.45) is 5.53. The Kier molecular flexibility index (Phi) is 2.84. The maximum absolute atomic E-state index is 5.90. The molecule has 0 bridgehead atoms. The van der Waals surface area contributed by atoms with Gasteiger partial charge in [-0.25, -0.2) is 0 Å². The van der Waals surface area contributed by atoms with Crippen LogP contribution in [0.4, 0.5) is 0 Å². The van der Waals surface area contributed by atoms with Crippen molar-refractivity contribution in [1.82, 2.24) is 9.78 Å². The lowest BCUT2D eigenvalue weighted by atomic mass is 10.2. The van der Waals surface area contributed by atoms with Crippen LogP contribution in [0.1, 0.15) is 25.0 Å². The molecule has 2 unspecified atom stereocenters. The van der Waals surface area contributed by atoms with Crippen LogP contribution in [0.3, 0.4) is 0 Å². The molecule has 0 spiro atoms. The molecule has 2 atom stereocenters. The zero-order chi connectivity index (χ0) is 9.97. The molecule has 0 radical (unpaired) electrons. The molecular formula is C10H17N3O. The first-order valence-corrected chi connectivity index (χ1v) is 5.11. The highest BCUT2D eigenvalue weighted by Gasteiger charge is 2.24. The minimum Gasteiger partial charge on any atom is -0.370 e. The number of hydrogen-bond acceptors (Lipinski definition) is 3. The summed E-state index contributed by atoms with van der Waals surface area (Å²) in [5.74, 6) is 0. The van der Waals surface area contributed by atoms with Crippen LogP contribution in [0.15, 0.2) is 12.3 Å². The van der Waals surface area contributed by atoms with E-state index in [1.54, 1.807) is 4.68 Å². The normalized spacial score (nSPS) is 27.0. The lowest BCUT2D eigenvalue weighted by molar-refractivity contribution is 0.0337. The van der Waals surface area contributed by atoms with Crippen LogP contribution in [-0.4, -0.2) is 21.9 Å². The van der Waals surface area contributed by atoms with Gasteiger partial charge in [0.15, 0.2) is 0 Å². The van der Waals surface area contributed by atoms with Crippen molar-refractivity contribution in [2.75, 3.05) is 0 Å². The molecule has 1 fully saturated rings. The quantitative estimate of drug-likeness (QED) is 0.776. The monoisotopic (exact) mass is 195 g/mol. The third-order valence-electron chi connectivity index (χ3n) is 2.72. The zero-order valence-electron chi connectivity index (χ0n) is 8.52. The fraction of sp³-hybridized carbons (Fsp3) is 0.700. The Morgan fingerprint density at radius 1 is 1.64 bits per heavy atom. The van der Waals surface area contributed by atoms with E-state index >= 15 is 0 Å². The minimum absolute atomic E-state index is 0.221. The fourth-order valence-electron chi connectivity index (χ4n) is 1.89. The van der Waals surface area contributed by atoms with E-state index in [2.05, 4.69) is 5.10 Å². The lowest BCUT2D eigenvalue weighted by Crippen LogP contribution is -2.31. The number of aromatic nitrogens is 2. The predicted molar refractivity (Wildman–Crippen MR) is 53.6 cm³/mol. The van der Waals surface area contributed by atoms with Gasteiger partial charge in [0.25, 0.3) is 0 Å². The highest BCUT2D eigenvalue weighted by Crippen LogP contribution is 2.21. The van der Waals surface area contributed by atoms with E-state index in [-0.39, 0.29) is 12.1 Å². The molecular weight excluding hydrogens is 178 g/mol. The molecule has 2 rings (SSSR count). The van der Waals surface area contributed by atoms with E-state index in [9.17, 15) is 0 Å². The Morgan fingerprint density at radius 3 is 3.07 bits per heavy atom. The average molecular weight is 195 g/mol. The average Bonchev–Trinajstić information content (AvgIpc) is 2.72. The molecule has 1 aliphatic rings. The summed E-state index contributed by atoms with van der Waals surface area (Å²) < 4.78 is 7.50. The van der Waals surface area contributed by atoms with Gasteiger partial charge in [0, 0.05) is 19.3 Å². The van der Waals surface area contributed by atoms with Crippen LogP contribution in [0.5, 0.6) is 0 Å². The third kappa shape index (κ3) is 2.13. The van der Waals surface area contributed by atoms with Crippen LogP contribution in [0.25, 0.3) is 0 Å². The van der Waals surface area contributed by atoms with Gasteiger partial charge in [-0.05, 0) is 25.3 Å². The van der Waals surface area contributed by atoms with Gasteiger partial charge in [0.05, 0.1) is 18.4 Å². The molecule has 2 N–H and O–H groups in total. The summed E-state index contributed by atoms with van der Waals surface area (Å²) in [7, 11) is 1.91. The van der Waals surface area contributed by atoms with Gasteiger partial charge in [-0.3, -0.25) is 4.68 Å². The Bertz CT molecular complexity index is 297. The van der Waals surface area contributed by atoms with Crippen molar-refractivity contribution in [2.45, 2.75) is 38.0 Å². The van der Waals surface area contributed by atoms with E-state index < -0.39 is 0 Å². The first kappa shape index (κ1) is 9.68. The van der Waals surface area contributed by atoms with E-state index in [4.69, 9.17) is 10.5 Å². The highest BCUT2D eigenvalue weighted by atomic mass is 16.5. The van der Waals surface area contributed by atoms with Gasteiger partial charge in [-0.2, -0.15) is 5.10 Å². The van der Waals surface area contributed by atoms with Crippen LogP contribution in [0.2, 0.25) is 0 Å². The van der Waals surface area contributed by atoms with Gasteiger partial charge >= 0.3 is 0 Å². The zero-order valence-corrected chi connectivity index (χ0v) is 8.52. The Hall–Kier alpha value is -0.870. The standard InChI is InChI=1S/C10H17N3O/c1-13-6-5-8(12-13)7-14-10-4-2-3-9(10)11/h5-6,9-10H,2-4,7,11H2,1H3. The molecule has 1 aromatic heterocycles. The predicted octanol–water partition coefficient (Wildman–Crippen LogP) is 0.816. The maximum atomic E-state index is 5.90. The minimum atomic E-state index is 0.221. The van der Waals surface area contributed by atoms with Crippen molar-refractivity contribution in [3.8, 4) is 0 Å². The van der Waals surface area contributed by atoms with Gasteiger partial charge < -0.3 is 10.5 Å². The summed E-state index contributed by atoms with van der Waals surface area (Å²) in [4.78, 5) is 0. The molecule has 0 aliphatic heterocycles. The molecule has 0 saturated heterocycles. The second kappa shape index (κ2) is 4.11. The Balaban J connectivity index is 1.82. The number of nitrogens with zero attached hydrogens (tertiary/aromatic N) is 2. The number of hydrogen-bond donors (Lipinski definition) is 1. The van der Waals surface area contributed by atoms with Crippen molar-refractivity contribution in [3.63, 3.8) is 0 Å². The first-order chi connectivity index (χ1) is 6.75. The summed E-state index contributed by atoms with van der Waals surface area (Å²) in [5.41, 5.74) is 6.88. The van der Waals surface area contributed by atoms with Gasteiger partial charge in [0.2, 0.25) is 0 Å². The number of rotatable bonds is 3. The maximum Gasteiger partial charge on any atom is 0.0910 e. The van der Waals surface area contributed by atoms with Crippen LogP contribution < -0.4 is 5.73 Å². The number of aryl methyl sites for hydroxylation is 1. The van der Waals surface area contributed by atoms with E-state index in [0.29, 0.717) is 6.61 Å². The molecule has 1 heterocycles. The van der Waals surface area contributed by atoms with Crippen LogP contribution >= 0.6 is 0 Å². The molecule has 14 heavy (non-hydrogen) atoms. The Labute approximate surface area is 84.0 Å². The number of ether oxygens (including phenoxy) is 1. The molecule has 4 nitrogen and oxygen atoms in total. The van der Waals surface area contributed by atoms with Gasteiger partial charge in [-0.15, -0.1) is 0 Å². The van der Waals surface area contributed by atoms with Crippen molar-refractivity contribution < 1.29 is 4.74 Å². The second-order valence-corrected chi connectivity index (χ2v) is 3.92. The largest absolute Gasteiger partial charge is 0.370 e. The van der Waals surface area contributed by atoms with Crippen molar-refractivity contribution >= 4 is 0 Å². The molecule has 1 saturated carbocycles. The van der Waals surface area contributed by atoms with Crippen molar-refractivity contribution in [3.05, 3.63) is 18.0 Å². The first-order valence-electron chi connectivity index (χ1n) is 5.11. The number of nitrogens with two attached hydrogens (primary N) is 1. The van der Waals surface area contributed by atoms with E-state index in [1.807, 2.05) is 19.3 Å². The Morgan fingerprint density at radius 2 is 2.50 bits per heavy atom. The highest BCUT2D eigenvalue weighted by molar-refractivity contribution is 4.97. The van der Waals surface area contributed by atoms with E-state index in [0.717, 1.165) is 18.5 Å². The van der Waals surface area contributed by atoms with Crippen LogP contribution in [-0.2, 0) is 18.4 Å². The topological polar surface area (TPSA) is 53.1 Å². The second-order valence-electron chi connectivity index (χ2n) is 3.92. The van der Waals surface area contributed by atoms with E-state index in [1.165, 1.54) is 6.42 Å². The molecule has 0 aromatic carbocycles. The molecule has 78 valence electrons. The summed E-state index contributed by atoms with van der Waals surface area (Å²) in [5, 5.41) is 4.25. The molecule has 1 aromatic rings. The lowest BCUT2D eigenvalue weighted by Gasteiger charge is -2.15. The van der Waals surface area contributed by atoms with Crippen molar-refractivity contribution in [1.29, 1.82) is 0 Å². The summed E-state index contributed by atoms with van der Waals surface area (Å²) in [6, 6.07) is 2.19. The smallest absolute Gasteiger partial charge is 0.0910 e. The van der Waals surface area contributed by atoms with Crippen LogP contribution in [0, 0.1) is 0 Å². The summed E-state index contributed by atoms with van der Waals surface area (Å²) >= 11 is 0. The van der Waals surface area contributed by atoms with Gasteiger partial charge in [-0.1, -0.05) is 0 Å². The summed E-state index contributed by atoms with van der Waals surface area (Å²) in [6.45, 7) is 0.583. The third-order valence-corrected chi connectivity index (χ3v) is 2.72. The molecule has 0 amide bonds. The van der Waals surface area contributed by atoms with Crippen molar-refractivity contribution in [2.24, 2.45) is 12.8 Å². The molecule has 1 aliphatic carbocycles. The molecule has 4 heteroatoms. The fourth-order valence-corrected chi connectivity index (χ4v) is 1.89.